The van der Waals surface area contributed by atoms with Crippen LogP contribution in [0.25, 0.3) is 11.4 Å². The molecule has 0 aliphatic carbocycles. The highest BCUT2D eigenvalue weighted by atomic mass is 79.9. The fourth-order valence-electron chi connectivity index (χ4n) is 2.27. The number of nitrogens with two attached hydrogens (primary N) is 1. The van der Waals surface area contributed by atoms with Crippen molar-refractivity contribution < 1.29 is 4.39 Å². The molecule has 3 aromatic rings. The van der Waals surface area contributed by atoms with Crippen LogP contribution in [0.15, 0.2) is 59.3 Å². The molecule has 0 aliphatic rings. The van der Waals surface area contributed by atoms with Gasteiger partial charge < -0.3 is 10.3 Å². The zero-order valence-corrected chi connectivity index (χ0v) is 12.7. The lowest BCUT2D eigenvalue weighted by Crippen LogP contribution is -2.02. The van der Waals surface area contributed by atoms with E-state index in [1.807, 2.05) is 41.1 Å². The quantitative estimate of drug-likeness (QED) is 0.726. The third-order valence-electron chi connectivity index (χ3n) is 3.14. The minimum atomic E-state index is -0.259. The van der Waals surface area contributed by atoms with E-state index >= 15 is 0 Å². The summed E-state index contributed by atoms with van der Waals surface area (Å²) < 4.78 is 16.2. The van der Waals surface area contributed by atoms with Crippen molar-refractivity contribution in [3.63, 3.8) is 0 Å². The Morgan fingerprint density at radius 2 is 2.05 bits per heavy atom. The number of hydrogen-bond acceptors (Lipinski definition) is 2. The Balaban J connectivity index is 1.96. The van der Waals surface area contributed by atoms with E-state index in [1.165, 1.54) is 12.1 Å². The van der Waals surface area contributed by atoms with Gasteiger partial charge in [0.15, 0.2) is 0 Å². The Bertz CT molecular complexity index is 762. The molecule has 0 unspecified atom stereocenters. The number of rotatable bonds is 3. The molecule has 0 fully saturated rings. The van der Waals surface area contributed by atoms with E-state index in [2.05, 4.69) is 20.9 Å². The molecule has 1 aromatic heterocycles. The molecular weight excluding hydrogens is 333 g/mol. The van der Waals surface area contributed by atoms with E-state index in [9.17, 15) is 4.39 Å². The Hall–Kier alpha value is -2.14. The van der Waals surface area contributed by atoms with Crippen molar-refractivity contribution in [1.82, 2.24) is 9.55 Å². The molecule has 0 bridgehead atoms. The predicted molar refractivity (Wildman–Crippen MR) is 85.3 cm³/mol. The molecule has 106 valence electrons. The average Bonchev–Trinajstić information content (AvgIpc) is 2.85. The van der Waals surface area contributed by atoms with Crippen LogP contribution in [0.2, 0.25) is 0 Å². The number of halogens is 2. The van der Waals surface area contributed by atoms with Crippen LogP contribution >= 0.6 is 15.9 Å². The Kier molecular flexibility index (Phi) is 3.75. The van der Waals surface area contributed by atoms with Crippen molar-refractivity contribution >= 4 is 21.6 Å². The van der Waals surface area contributed by atoms with Crippen LogP contribution in [0.1, 0.15) is 5.56 Å². The van der Waals surface area contributed by atoms with Gasteiger partial charge >= 0.3 is 0 Å². The van der Waals surface area contributed by atoms with Crippen LogP contribution in [0.4, 0.5) is 10.1 Å². The number of benzene rings is 2. The topological polar surface area (TPSA) is 43.8 Å². The summed E-state index contributed by atoms with van der Waals surface area (Å²) >= 11 is 3.31. The highest BCUT2D eigenvalue weighted by molar-refractivity contribution is 9.10. The van der Waals surface area contributed by atoms with Gasteiger partial charge in [-0.2, -0.15) is 0 Å². The summed E-state index contributed by atoms with van der Waals surface area (Å²) in [6.45, 7) is 0.542. The van der Waals surface area contributed by atoms with Gasteiger partial charge in [-0.05, 0) is 35.9 Å². The molecule has 0 saturated heterocycles. The van der Waals surface area contributed by atoms with Gasteiger partial charge in [-0.1, -0.05) is 28.1 Å². The van der Waals surface area contributed by atoms with Crippen LogP contribution in [0, 0.1) is 5.82 Å². The maximum absolute atomic E-state index is 13.5. The van der Waals surface area contributed by atoms with Gasteiger partial charge in [0, 0.05) is 34.7 Å². The second-order valence-electron chi connectivity index (χ2n) is 4.78. The van der Waals surface area contributed by atoms with E-state index < -0.39 is 0 Å². The van der Waals surface area contributed by atoms with Crippen LogP contribution in [0.5, 0.6) is 0 Å². The molecule has 0 saturated carbocycles. The van der Waals surface area contributed by atoms with Crippen molar-refractivity contribution in [2.75, 3.05) is 5.73 Å². The summed E-state index contributed by atoms with van der Waals surface area (Å²) in [5, 5.41) is 0. The number of aromatic nitrogens is 2. The molecule has 3 rings (SSSR count). The van der Waals surface area contributed by atoms with Crippen LogP contribution in [-0.4, -0.2) is 9.55 Å². The normalized spacial score (nSPS) is 10.8. The van der Waals surface area contributed by atoms with Gasteiger partial charge in [0.2, 0.25) is 0 Å². The maximum Gasteiger partial charge on any atom is 0.140 e. The third-order valence-corrected chi connectivity index (χ3v) is 3.59. The molecule has 3 nitrogen and oxygen atoms in total. The zero-order chi connectivity index (χ0) is 14.8. The summed E-state index contributed by atoms with van der Waals surface area (Å²) in [5.74, 6) is 0.549. The fraction of sp³-hybridized carbons (Fsp3) is 0.0625. The lowest BCUT2D eigenvalue weighted by atomic mass is 10.1. The van der Waals surface area contributed by atoms with Crippen molar-refractivity contribution in [1.29, 1.82) is 0 Å². The largest absolute Gasteiger partial charge is 0.399 e. The molecule has 1 heterocycles. The molecule has 0 aliphatic heterocycles. The van der Waals surface area contributed by atoms with Gasteiger partial charge in [-0.15, -0.1) is 0 Å². The first-order chi connectivity index (χ1) is 10.1. The van der Waals surface area contributed by atoms with Gasteiger partial charge in [0.25, 0.3) is 0 Å². The van der Waals surface area contributed by atoms with E-state index in [0.717, 1.165) is 21.4 Å². The van der Waals surface area contributed by atoms with E-state index in [0.29, 0.717) is 12.2 Å². The summed E-state index contributed by atoms with van der Waals surface area (Å²) in [4.78, 5) is 4.37. The monoisotopic (exact) mass is 345 g/mol. The fourth-order valence-corrected chi connectivity index (χ4v) is 2.79. The maximum atomic E-state index is 13.5. The zero-order valence-electron chi connectivity index (χ0n) is 11.1. The first kappa shape index (κ1) is 13.8. The van der Waals surface area contributed by atoms with Crippen LogP contribution in [-0.2, 0) is 6.54 Å². The molecule has 21 heavy (non-hydrogen) atoms. The summed E-state index contributed by atoms with van der Waals surface area (Å²) in [6.07, 6.45) is 3.60. The first-order valence-corrected chi connectivity index (χ1v) is 7.23. The molecule has 0 atom stereocenters. The highest BCUT2D eigenvalue weighted by Gasteiger charge is 2.08. The molecule has 0 amide bonds. The lowest BCUT2D eigenvalue weighted by molar-refractivity contribution is 0.622. The Labute approximate surface area is 130 Å². The average molecular weight is 346 g/mol. The highest BCUT2D eigenvalue weighted by Crippen LogP contribution is 2.22. The number of hydrogen-bond donors (Lipinski definition) is 1. The SMILES string of the molecule is Nc1cccc(-c2nccn2Cc2cc(F)cc(Br)c2)c1. The minimum Gasteiger partial charge on any atom is -0.399 e. The molecule has 0 radical (unpaired) electrons. The van der Waals surface area contributed by atoms with Gasteiger partial charge in [0.1, 0.15) is 11.6 Å². The molecule has 0 spiro atoms. The van der Waals surface area contributed by atoms with Crippen molar-refractivity contribution in [2.24, 2.45) is 0 Å². The first-order valence-electron chi connectivity index (χ1n) is 6.44. The third kappa shape index (κ3) is 3.13. The number of imidazole rings is 1. The van der Waals surface area contributed by atoms with Gasteiger partial charge in [-0.25, -0.2) is 9.37 Å². The minimum absolute atomic E-state index is 0.259. The van der Waals surface area contributed by atoms with E-state index in [4.69, 9.17) is 5.73 Å². The Morgan fingerprint density at radius 3 is 2.81 bits per heavy atom. The van der Waals surface area contributed by atoms with Crippen molar-refractivity contribution in [2.45, 2.75) is 6.54 Å². The second-order valence-corrected chi connectivity index (χ2v) is 5.70. The lowest BCUT2D eigenvalue weighted by Gasteiger charge is -2.09. The van der Waals surface area contributed by atoms with Crippen molar-refractivity contribution in [3.05, 3.63) is 70.7 Å². The van der Waals surface area contributed by atoms with Crippen LogP contribution < -0.4 is 5.73 Å². The number of nitrogens with zero attached hydrogens (tertiary/aromatic N) is 2. The predicted octanol–water partition coefficient (Wildman–Crippen LogP) is 4.08. The molecule has 2 aromatic carbocycles. The summed E-state index contributed by atoms with van der Waals surface area (Å²) in [5.41, 5.74) is 8.31. The van der Waals surface area contributed by atoms with Gasteiger partial charge in [0.05, 0.1) is 0 Å². The summed E-state index contributed by atoms with van der Waals surface area (Å²) in [7, 11) is 0. The molecule has 2 N–H and O–H groups in total. The summed E-state index contributed by atoms with van der Waals surface area (Å²) in [6, 6.07) is 12.4. The van der Waals surface area contributed by atoms with E-state index in [-0.39, 0.29) is 5.82 Å². The number of anilines is 1. The van der Waals surface area contributed by atoms with Gasteiger partial charge in [-0.3, -0.25) is 0 Å². The second kappa shape index (κ2) is 5.69. The van der Waals surface area contributed by atoms with Crippen molar-refractivity contribution in [3.8, 4) is 11.4 Å². The standard InChI is InChI=1S/C16H13BrFN3/c17-13-6-11(7-14(18)9-13)10-21-5-4-20-16(21)12-2-1-3-15(19)8-12/h1-9H,10,19H2. The van der Waals surface area contributed by atoms with E-state index in [1.54, 1.807) is 6.20 Å². The Morgan fingerprint density at radius 1 is 1.19 bits per heavy atom. The van der Waals surface area contributed by atoms with Crippen LogP contribution in [0.3, 0.4) is 0 Å². The smallest absolute Gasteiger partial charge is 0.140 e. The molecule has 5 heteroatoms. The number of nitrogen functional groups attached to an aromatic ring is 1. The molecular formula is C16H13BrFN3.